The topological polar surface area (TPSA) is 58.6 Å². The molecule has 0 aliphatic carbocycles. The number of Topliss-reactive ketones (excluding diaryl/α,β-unsaturated/α-hetero) is 1. The first-order chi connectivity index (χ1) is 8.54. The number of ketones is 1. The van der Waals surface area contributed by atoms with Crippen molar-refractivity contribution in [2.45, 2.75) is 32.9 Å². The van der Waals surface area contributed by atoms with Gasteiger partial charge in [-0.25, -0.2) is 0 Å². The van der Waals surface area contributed by atoms with Crippen molar-refractivity contribution < 1.29 is 14.6 Å². The van der Waals surface area contributed by atoms with Gasteiger partial charge < -0.3 is 15.2 Å². The lowest BCUT2D eigenvalue weighted by molar-refractivity contribution is 0.0941. The van der Waals surface area contributed by atoms with Crippen LogP contribution in [-0.4, -0.2) is 36.2 Å². The molecule has 0 aliphatic rings. The molecule has 1 aromatic rings. The minimum absolute atomic E-state index is 0.0127. The average molecular weight is 251 g/mol. The van der Waals surface area contributed by atoms with Gasteiger partial charge in [0.1, 0.15) is 5.75 Å². The van der Waals surface area contributed by atoms with Gasteiger partial charge in [-0.3, -0.25) is 4.79 Å². The minimum Gasteiger partial charge on any atom is -0.494 e. The van der Waals surface area contributed by atoms with Gasteiger partial charge in [-0.1, -0.05) is 0 Å². The molecule has 0 bridgehead atoms. The van der Waals surface area contributed by atoms with Crippen molar-refractivity contribution in [1.29, 1.82) is 0 Å². The number of nitrogens with one attached hydrogen (secondary N) is 1. The van der Waals surface area contributed by atoms with E-state index in [9.17, 15) is 4.79 Å². The van der Waals surface area contributed by atoms with E-state index in [2.05, 4.69) is 5.32 Å². The van der Waals surface area contributed by atoms with Crippen LogP contribution in [0.5, 0.6) is 5.75 Å². The Morgan fingerprint density at radius 1 is 1.33 bits per heavy atom. The summed E-state index contributed by atoms with van der Waals surface area (Å²) < 4.78 is 5.32. The number of hydrogen-bond acceptors (Lipinski definition) is 4. The number of rotatable bonds is 7. The van der Waals surface area contributed by atoms with Crippen LogP contribution in [0.1, 0.15) is 31.1 Å². The molecule has 18 heavy (non-hydrogen) atoms. The number of aliphatic hydroxyl groups is 1. The van der Waals surface area contributed by atoms with Gasteiger partial charge in [0.25, 0.3) is 0 Å². The Labute approximate surface area is 108 Å². The van der Waals surface area contributed by atoms with E-state index in [0.29, 0.717) is 18.7 Å². The molecule has 2 atom stereocenters. The van der Waals surface area contributed by atoms with Gasteiger partial charge in [0.2, 0.25) is 0 Å². The fourth-order valence-electron chi connectivity index (χ4n) is 1.57. The lowest BCUT2D eigenvalue weighted by Crippen LogP contribution is -2.38. The Kier molecular flexibility index (Phi) is 5.82. The average Bonchev–Trinajstić information content (AvgIpc) is 2.36. The van der Waals surface area contributed by atoms with Crippen molar-refractivity contribution in [2.24, 2.45) is 0 Å². The van der Waals surface area contributed by atoms with Gasteiger partial charge in [0.15, 0.2) is 5.78 Å². The molecule has 100 valence electrons. The van der Waals surface area contributed by atoms with E-state index in [4.69, 9.17) is 9.84 Å². The largest absolute Gasteiger partial charge is 0.494 e. The quantitative estimate of drug-likeness (QED) is 0.723. The standard InChI is InChI=1S/C14H21NO3/c1-4-18-13-7-5-12(6-8-13)14(17)11(3)15-9-10(2)16/h5-8,10-11,15-16H,4,9H2,1-3H3. The molecule has 0 aromatic heterocycles. The molecule has 0 amide bonds. The van der Waals surface area contributed by atoms with E-state index in [1.165, 1.54) is 0 Å². The highest BCUT2D eigenvalue weighted by Crippen LogP contribution is 2.13. The van der Waals surface area contributed by atoms with E-state index in [0.717, 1.165) is 5.75 Å². The van der Waals surface area contributed by atoms with Gasteiger partial charge in [-0.05, 0) is 45.0 Å². The monoisotopic (exact) mass is 251 g/mol. The highest BCUT2D eigenvalue weighted by molar-refractivity contribution is 5.99. The molecule has 1 rings (SSSR count). The van der Waals surface area contributed by atoms with Crippen LogP contribution >= 0.6 is 0 Å². The summed E-state index contributed by atoms with van der Waals surface area (Å²) in [4.78, 5) is 12.0. The zero-order chi connectivity index (χ0) is 13.5. The maximum Gasteiger partial charge on any atom is 0.179 e. The van der Waals surface area contributed by atoms with E-state index in [1.807, 2.05) is 6.92 Å². The summed E-state index contributed by atoms with van der Waals surface area (Å²) in [6, 6.07) is 6.79. The second-order valence-corrected chi connectivity index (χ2v) is 4.30. The number of aliphatic hydroxyl groups excluding tert-OH is 1. The Bertz CT molecular complexity index is 373. The zero-order valence-electron chi connectivity index (χ0n) is 11.1. The van der Waals surface area contributed by atoms with Crippen molar-refractivity contribution in [2.75, 3.05) is 13.2 Å². The van der Waals surface area contributed by atoms with Crippen LogP contribution in [0.4, 0.5) is 0 Å². The van der Waals surface area contributed by atoms with Crippen LogP contribution in [0.25, 0.3) is 0 Å². The number of carbonyl (C=O) groups is 1. The molecule has 0 saturated carbocycles. The molecule has 0 radical (unpaired) electrons. The summed E-state index contributed by atoms with van der Waals surface area (Å²) in [7, 11) is 0. The molecular weight excluding hydrogens is 230 g/mol. The minimum atomic E-state index is -0.458. The van der Waals surface area contributed by atoms with Crippen LogP contribution in [0.2, 0.25) is 0 Å². The molecule has 0 heterocycles. The second-order valence-electron chi connectivity index (χ2n) is 4.30. The van der Waals surface area contributed by atoms with Crippen LogP contribution in [0.3, 0.4) is 0 Å². The Hall–Kier alpha value is -1.39. The summed E-state index contributed by atoms with van der Waals surface area (Å²) >= 11 is 0. The van der Waals surface area contributed by atoms with E-state index in [-0.39, 0.29) is 11.8 Å². The van der Waals surface area contributed by atoms with Gasteiger partial charge in [-0.2, -0.15) is 0 Å². The fourth-order valence-corrected chi connectivity index (χ4v) is 1.57. The third kappa shape index (κ3) is 4.47. The lowest BCUT2D eigenvalue weighted by atomic mass is 10.1. The molecule has 4 nitrogen and oxygen atoms in total. The third-order valence-electron chi connectivity index (χ3n) is 2.56. The van der Waals surface area contributed by atoms with Crippen LogP contribution < -0.4 is 10.1 Å². The SMILES string of the molecule is CCOc1ccc(C(=O)C(C)NCC(C)O)cc1. The first-order valence-corrected chi connectivity index (χ1v) is 6.23. The molecule has 2 N–H and O–H groups in total. The van der Waals surface area contributed by atoms with Gasteiger partial charge in [0.05, 0.1) is 18.8 Å². The van der Waals surface area contributed by atoms with Crippen LogP contribution in [-0.2, 0) is 0 Å². The zero-order valence-corrected chi connectivity index (χ0v) is 11.1. The van der Waals surface area contributed by atoms with E-state index in [1.54, 1.807) is 38.1 Å². The van der Waals surface area contributed by atoms with Crippen molar-refractivity contribution in [3.63, 3.8) is 0 Å². The summed E-state index contributed by atoms with van der Waals surface area (Å²) in [5.41, 5.74) is 0.643. The molecule has 1 aromatic carbocycles. The first kappa shape index (κ1) is 14.7. The molecule has 4 heteroatoms. The van der Waals surface area contributed by atoms with Gasteiger partial charge in [0, 0.05) is 12.1 Å². The number of hydrogen-bond donors (Lipinski definition) is 2. The van der Waals surface area contributed by atoms with E-state index >= 15 is 0 Å². The maximum atomic E-state index is 12.0. The van der Waals surface area contributed by atoms with Gasteiger partial charge >= 0.3 is 0 Å². The lowest BCUT2D eigenvalue weighted by Gasteiger charge is -2.14. The molecule has 0 fully saturated rings. The maximum absolute atomic E-state index is 12.0. The summed E-state index contributed by atoms with van der Waals surface area (Å²) in [6.07, 6.45) is -0.458. The predicted molar refractivity (Wildman–Crippen MR) is 71.1 cm³/mol. The molecule has 0 aliphatic heterocycles. The first-order valence-electron chi connectivity index (χ1n) is 6.23. The third-order valence-corrected chi connectivity index (χ3v) is 2.56. The Balaban J connectivity index is 2.60. The van der Waals surface area contributed by atoms with E-state index < -0.39 is 6.10 Å². The van der Waals surface area contributed by atoms with Crippen molar-refractivity contribution in [3.05, 3.63) is 29.8 Å². The molecule has 2 unspecified atom stereocenters. The van der Waals surface area contributed by atoms with Crippen molar-refractivity contribution in [1.82, 2.24) is 5.32 Å². The molecule has 0 spiro atoms. The highest BCUT2D eigenvalue weighted by Gasteiger charge is 2.15. The number of ether oxygens (including phenoxy) is 1. The normalized spacial score (nSPS) is 14.0. The van der Waals surface area contributed by atoms with Gasteiger partial charge in [-0.15, -0.1) is 0 Å². The highest BCUT2D eigenvalue weighted by atomic mass is 16.5. The summed E-state index contributed by atoms with van der Waals surface area (Å²) in [5, 5.41) is 12.1. The molecular formula is C14H21NO3. The summed E-state index contributed by atoms with van der Waals surface area (Å²) in [5.74, 6) is 0.775. The fraction of sp³-hybridized carbons (Fsp3) is 0.500. The van der Waals surface area contributed by atoms with Crippen LogP contribution in [0, 0.1) is 0 Å². The Morgan fingerprint density at radius 2 is 1.94 bits per heavy atom. The predicted octanol–water partition coefficient (Wildman–Crippen LogP) is 1.63. The number of benzene rings is 1. The second kappa shape index (κ2) is 7.13. The molecule has 0 saturated heterocycles. The summed E-state index contributed by atoms with van der Waals surface area (Å²) in [6.45, 7) is 6.41. The smallest absolute Gasteiger partial charge is 0.179 e. The number of carbonyl (C=O) groups excluding carboxylic acids is 1. The van der Waals surface area contributed by atoms with Crippen LogP contribution in [0.15, 0.2) is 24.3 Å². The van der Waals surface area contributed by atoms with Crippen molar-refractivity contribution >= 4 is 5.78 Å². The Morgan fingerprint density at radius 3 is 2.44 bits per heavy atom. The van der Waals surface area contributed by atoms with Crippen molar-refractivity contribution in [3.8, 4) is 5.75 Å².